The van der Waals surface area contributed by atoms with Crippen molar-refractivity contribution >= 4 is 5.91 Å². The van der Waals surface area contributed by atoms with Gasteiger partial charge in [-0.25, -0.2) is 0 Å². The highest BCUT2D eigenvalue weighted by molar-refractivity contribution is 5.92. The molecular weight excluding hydrogens is 202 g/mol. The zero-order valence-electron chi connectivity index (χ0n) is 9.49. The van der Waals surface area contributed by atoms with Gasteiger partial charge in [0.2, 0.25) is 0 Å². The first-order chi connectivity index (χ1) is 7.77. The molecule has 0 aliphatic carbocycles. The van der Waals surface area contributed by atoms with Gasteiger partial charge in [-0.3, -0.25) is 4.79 Å². The maximum atomic E-state index is 11.8. The lowest BCUT2D eigenvalue weighted by atomic mass is 10.1. The molecule has 0 atom stereocenters. The Hall–Kier alpha value is -1.55. The van der Waals surface area contributed by atoms with Gasteiger partial charge in [0, 0.05) is 26.3 Å². The molecule has 0 fully saturated rings. The molecule has 0 unspecified atom stereocenters. The molecule has 0 bridgehead atoms. The van der Waals surface area contributed by atoms with Crippen LogP contribution in [0.15, 0.2) is 30.0 Å². The van der Waals surface area contributed by atoms with E-state index >= 15 is 0 Å². The van der Waals surface area contributed by atoms with E-state index in [0.717, 1.165) is 19.5 Å². The van der Waals surface area contributed by atoms with Gasteiger partial charge in [0.25, 0.3) is 5.91 Å². The van der Waals surface area contributed by atoms with Crippen molar-refractivity contribution in [1.82, 2.24) is 15.2 Å². The number of aromatic nitrogens is 1. The van der Waals surface area contributed by atoms with Crippen molar-refractivity contribution in [3.63, 3.8) is 0 Å². The van der Waals surface area contributed by atoms with Crippen LogP contribution < -0.4 is 10.6 Å². The Balaban J connectivity index is 1.89. The van der Waals surface area contributed by atoms with E-state index in [1.54, 1.807) is 0 Å². The summed E-state index contributed by atoms with van der Waals surface area (Å²) in [4.78, 5) is 11.8. The first kappa shape index (κ1) is 11.0. The van der Waals surface area contributed by atoms with Crippen molar-refractivity contribution in [1.29, 1.82) is 0 Å². The monoisotopic (exact) mass is 219 g/mol. The van der Waals surface area contributed by atoms with Crippen LogP contribution in [0.1, 0.15) is 16.9 Å². The fraction of sp³-hybridized carbons (Fsp3) is 0.417. The Morgan fingerprint density at radius 2 is 2.50 bits per heavy atom. The summed E-state index contributed by atoms with van der Waals surface area (Å²) in [7, 11) is 1.87. The summed E-state index contributed by atoms with van der Waals surface area (Å²) in [6, 6.07) is 3.70. The number of nitrogens with zero attached hydrogens (tertiary/aromatic N) is 1. The average molecular weight is 219 g/mol. The van der Waals surface area contributed by atoms with E-state index in [-0.39, 0.29) is 5.91 Å². The maximum absolute atomic E-state index is 11.8. The number of aryl methyl sites for hydroxylation is 1. The van der Waals surface area contributed by atoms with E-state index in [4.69, 9.17) is 0 Å². The third kappa shape index (κ3) is 2.52. The van der Waals surface area contributed by atoms with Crippen molar-refractivity contribution in [2.45, 2.75) is 6.42 Å². The fourth-order valence-corrected chi connectivity index (χ4v) is 1.81. The highest BCUT2D eigenvalue weighted by Gasteiger charge is 2.09. The van der Waals surface area contributed by atoms with Gasteiger partial charge in [0.05, 0.1) is 0 Å². The van der Waals surface area contributed by atoms with Crippen LogP contribution in [-0.4, -0.2) is 30.1 Å². The number of nitrogens with one attached hydrogen (secondary N) is 2. The molecule has 2 rings (SSSR count). The van der Waals surface area contributed by atoms with E-state index in [0.29, 0.717) is 12.2 Å². The van der Waals surface area contributed by atoms with Crippen molar-refractivity contribution < 1.29 is 4.79 Å². The van der Waals surface area contributed by atoms with E-state index in [9.17, 15) is 4.79 Å². The standard InChI is InChI=1S/C12H17N3O/c1-15-8-2-3-11(15)12(16)14-9-10-4-6-13-7-5-10/h2-4,8,13H,5-7,9H2,1H3,(H,14,16). The number of carbonyl (C=O) groups is 1. The average Bonchev–Trinajstić information content (AvgIpc) is 2.74. The summed E-state index contributed by atoms with van der Waals surface area (Å²) in [6.45, 7) is 2.58. The molecule has 1 aromatic heterocycles. The summed E-state index contributed by atoms with van der Waals surface area (Å²) < 4.78 is 1.83. The van der Waals surface area contributed by atoms with Gasteiger partial charge < -0.3 is 15.2 Å². The first-order valence-electron chi connectivity index (χ1n) is 5.55. The third-order valence-corrected chi connectivity index (χ3v) is 2.81. The Bertz CT molecular complexity index is 406. The topological polar surface area (TPSA) is 46.1 Å². The molecule has 1 aromatic rings. The SMILES string of the molecule is Cn1cccc1C(=O)NCC1=CCNCC1. The van der Waals surface area contributed by atoms with E-state index in [1.165, 1.54) is 5.57 Å². The molecule has 1 aliphatic rings. The minimum atomic E-state index is -0.00747. The lowest BCUT2D eigenvalue weighted by molar-refractivity contribution is 0.0948. The van der Waals surface area contributed by atoms with Crippen LogP contribution in [0.25, 0.3) is 0 Å². The number of amides is 1. The zero-order valence-corrected chi connectivity index (χ0v) is 9.49. The molecule has 0 spiro atoms. The predicted octanol–water partition coefficient (Wildman–Crippen LogP) is 0.675. The van der Waals surface area contributed by atoms with Gasteiger partial charge in [0.15, 0.2) is 0 Å². The molecule has 0 saturated carbocycles. The van der Waals surface area contributed by atoms with Gasteiger partial charge in [-0.2, -0.15) is 0 Å². The van der Waals surface area contributed by atoms with Gasteiger partial charge in [0.1, 0.15) is 5.69 Å². The summed E-state index contributed by atoms with van der Waals surface area (Å²) in [5.74, 6) is -0.00747. The van der Waals surface area contributed by atoms with Crippen LogP contribution in [0.3, 0.4) is 0 Å². The molecule has 2 heterocycles. The number of carbonyl (C=O) groups excluding carboxylic acids is 1. The second-order valence-electron chi connectivity index (χ2n) is 4.00. The van der Waals surface area contributed by atoms with E-state index < -0.39 is 0 Å². The smallest absolute Gasteiger partial charge is 0.268 e. The minimum absolute atomic E-state index is 0.00747. The molecule has 1 aliphatic heterocycles. The highest BCUT2D eigenvalue weighted by Crippen LogP contribution is 2.04. The van der Waals surface area contributed by atoms with Gasteiger partial charge in [-0.15, -0.1) is 0 Å². The Labute approximate surface area is 95.3 Å². The molecular formula is C12H17N3O. The van der Waals surface area contributed by atoms with Crippen molar-refractivity contribution in [2.75, 3.05) is 19.6 Å². The Morgan fingerprint density at radius 3 is 3.12 bits per heavy atom. The quantitative estimate of drug-likeness (QED) is 0.734. The molecule has 2 N–H and O–H groups in total. The van der Waals surface area contributed by atoms with Crippen molar-refractivity contribution in [3.05, 3.63) is 35.7 Å². The molecule has 0 aromatic carbocycles. The minimum Gasteiger partial charge on any atom is -0.347 e. The Morgan fingerprint density at radius 1 is 1.62 bits per heavy atom. The third-order valence-electron chi connectivity index (χ3n) is 2.81. The van der Waals surface area contributed by atoms with Crippen molar-refractivity contribution in [3.8, 4) is 0 Å². The van der Waals surface area contributed by atoms with Crippen LogP contribution in [0.5, 0.6) is 0 Å². The molecule has 0 saturated heterocycles. The predicted molar refractivity (Wildman–Crippen MR) is 63.3 cm³/mol. The summed E-state index contributed by atoms with van der Waals surface area (Å²) >= 11 is 0. The van der Waals surface area contributed by atoms with E-state index in [1.807, 2.05) is 29.9 Å². The van der Waals surface area contributed by atoms with Crippen LogP contribution >= 0.6 is 0 Å². The fourth-order valence-electron chi connectivity index (χ4n) is 1.81. The molecule has 86 valence electrons. The lowest BCUT2D eigenvalue weighted by Crippen LogP contribution is -2.30. The van der Waals surface area contributed by atoms with Gasteiger partial charge in [-0.1, -0.05) is 11.6 Å². The first-order valence-corrected chi connectivity index (χ1v) is 5.55. The van der Waals surface area contributed by atoms with Crippen LogP contribution in [0.2, 0.25) is 0 Å². The second kappa shape index (κ2) is 4.99. The number of hydrogen-bond acceptors (Lipinski definition) is 2. The summed E-state index contributed by atoms with van der Waals surface area (Å²) in [5, 5.41) is 6.19. The van der Waals surface area contributed by atoms with Crippen molar-refractivity contribution in [2.24, 2.45) is 7.05 Å². The molecule has 4 heteroatoms. The van der Waals surface area contributed by atoms with Crippen LogP contribution in [0, 0.1) is 0 Å². The van der Waals surface area contributed by atoms with Crippen LogP contribution in [-0.2, 0) is 7.05 Å². The van der Waals surface area contributed by atoms with Gasteiger partial charge >= 0.3 is 0 Å². The molecule has 1 amide bonds. The number of hydrogen-bond donors (Lipinski definition) is 2. The lowest BCUT2D eigenvalue weighted by Gasteiger charge is -2.14. The normalized spacial score (nSPS) is 15.7. The largest absolute Gasteiger partial charge is 0.347 e. The summed E-state index contributed by atoms with van der Waals surface area (Å²) in [6.07, 6.45) is 5.04. The zero-order chi connectivity index (χ0) is 11.4. The molecule has 4 nitrogen and oxygen atoms in total. The van der Waals surface area contributed by atoms with Gasteiger partial charge in [-0.05, 0) is 25.1 Å². The second-order valence-corrected chi connectivity index (χ2v) is 4.00. The molecule has 16 heavy (non-hydrogen) atoms. The summed E-state index contributed by atoms with van der Waals surface area (Å²) in [5.41, 5.74) is 2.01. The highest BCUT2D eigenvalue weighted by atomic mass is 16.1. The Kier molecular flexibility index (Phi) is 3.41. The van der Waals surface area contributed by atoms with E-state index in [2.05, 4.69) is 16.7 Å². The molecule has 0 radical (unpaired) electrons. The maximum Gasteiger partial charge on any atom is 0.268 e. The number of rotatable bonds is 3. The van der Waals surface area contributed by atoms with Crippen LogP contribution in [0.4, 0.5) is 0 Å².